The van der Waals surface area contributed by atoms with Gasteiger partial charge in [0, 0.05) is 5.56 Å². The zero-order valence-electron chi connectivity index (χ0n) is 18.2. The van der Waals surface area contributed by atoms with Crippen LogP contribution in [0.25, 0.3) is 0 Å². The fraction of sp³-hybridized carbons (Fsp3) is 0.391. The fourth-order valence-corrected chi connectivity index (χ4v) is 3.63. The number of thioether (sulfide) groups is 1. The van der Waals surface area contributed by atoms with Crippen molar-refractivity contribution < 1.29 is 19.1 Å². The average Bonchev–Trinajstić information content (AvgIpc) is 2.76. The van der Waals surface area contributed by atoms with Gasteiger partial charge < -0.3 is 20.1 Å². The Kier molecular flexibility index (Phi) is 9.05. The number of aryl methyl sites for hydroxylation is 1. The normalized spacial score (nSPS) is 12.6. The Morgan fingerprint density at radius 2 is 1.73 bits per heavy atom. The Labute approximate surface area is 182 Å². The predicted molar refractivity (Wildman–Crippen MR) is 122 cm³/mol. The molecule has 2 atom stereocenters. The van der Waals surface area contributed by atoms with Crippen LogP contribution in [0.2, 0.25) is 0 Å². The van der Waals surface area contributed by atoms with E-state index in [1.807, 2.05) is 38.3 Å². The summed E-state index contributed by atoms with van der Waals surface area (Å²) in [5.41, 5.74) is 2.37. The zero-order chi connectivity index (χ0) is 22.1. The summed E-state index contributed by atoms with van der Waals surface area (Å²) < 4.78 is 10.7. The maximum atomic E-state index is 13.0. The van der Waals surface area contributed by atoms with E-state index in [1.54, 1.807) is 43.1 Å². The van der Waals surface area contributed by atoms with E-state index < -0.39 is 6.04 Å². The quantitative estimate of drug-likeness (QED) is 0.600. The van der Waals surface area contributed by atoms with Gasteiger partial charge in [0.2, 0.25) is 5.91 Å². The van der Waals surface area contributed by atoms with Crippen LogP contribution in [0.4, 0.5) is 0 Å². The Morgan fingerprint density at radius 3 is 2.40 bits per heavy atom. The molecule has 0 saturated carbocycles. The van der Waals surface area contributed by atoms with E-state index in [9.17, 15) is 9.59 Å². The maximum absolute atomic E-state index is 13.0. The Morgan fingerprint density at radius 1 is 1.03 bits per heavy atom. The predicted octanol–water partition coefficient (Wildman–Crippen LogP) is 3.74. The van der Waals surface area contributed by atoms with Gasteiger partial charge in [-0.2, -0.15) is 11.8 Å². The highest BCUT2D eigenvalue weighted by Crippen LogP contribution is 2.26. The third kappa shape index (κ3) is 6.16. The van der Waals surface area contributed by atoms with Gasteiger partial charge >= 0.3 is 0 Å². The van der Waals surface area contributed by atoms with Crippen molar-refractivity contribution in [1.29, 1.82) is 0 Å². The second-order valence-electron chi connectivity index (χ2n) is 6.98. The summed E-state index contributed by atoms with van der Waals surface area (Å²) in [6.45, 7) is 3.90. The summed E-state index contributed by atoms with van der Waals surface area (Å²) in [6.07, 6.45) is 2.49. The molecule has 0 radical (unpaired) electrons. The van der Waals surface area contributed by atoms with Crippen LogP contribution >= 0.6 is 11.8 Å². The van der Waals surface area contributed by atoms with Gasteiger partial charge in [-0.15, -0.1) is 0 Å². The molecule has 7 heteroatoms. The summed E-state index contributed by atoms with van der Waals surface area (Å²) in [7, 11) is 3.12. The van der Waals surface area contributed by atoms with E-state index in [1.165, 1.54) is 7.11 Å². The van der Waals surface area contributed by atoms with Gasteiger partial charge in [0.05, 0.1) is 25.8 Å². The number of methoxy groups -OCH3 is 2. The van der Waals surface area contributed by atoms with Crippen molar-refractivity contribution in [2.24, 2.45) is 0 Å². The van der Waals surface area contributed by atoms with Crippen LogP contribution in [0.3, 0.4) is 0 Å². The molecule has 0 saturated heterocycles. The number of amides is 2. The number of carbonyl (C=O) groups is 2. The minimum absolute atomic E-state index is 0.233. The van der Waals surface area contributed by atoms with E-state index in [-0.39, 0.29) is 17.9 Å². The van der Waals surface area contributed by atoms with Gasteiger partial charge in [0.1, 0.15) is 17.5 Å². The number of rotatable bonds is 10. The van der Waals surface area contributed by atoms with Crippen molar-refractivity contribution in [2.45, 2.75) is 32.4 Å². The molecule has 2 amide bonds. The minimum atomic E-state index is -0.659. The standard InChI is InChI=1S/C23H30N2O4S/c1-15-10-11-21(29-4)18(14-15)16(2)24-23(27)19(12-13-30-5)25-22(26)17-8-6-7-9-20(17)28-3/h6-11,14,16,19H,12-13H2,1-5H3,(H,24,27)(H,25,26). The van der Waals surface area contributed by atoms with E-state index in [0.717, 1.165) is 16.9 Å². The molecular weight excluding hydrogens is 400 g/mol. The molecule has 6 nitrogen and oxygen atoms in total. The molecule has 0 heterocycles. The van der Waals surface area contributed by atoms with Crippen molar-refractivity contribution in [1.82, 2.24) is 10.6 Å². The molecule has 2 N–H and O–H groups in total. The monoisotopic (exact) mass is 430 g/mol. The lowest BCUT2D eigenvalue weighted by molar-refractivity contribution is -0.123. The molecule has 162 valence electrons. The molecule has 2 aromatic rings. The Balaban J connectivity index is 2.17. The van der Waals surface area contributed by atoms with Gasteiger partial charge in [-0.3, -0.25) is 9.59 Å². The van der Waals surface area contributed by atoms with E-state index in [2.05, 4.69) is 10.6 Å². The lowest BCUT2D eigenvalue weighted by Gasteiger charge is -2.23. The van der Waals surface area contributed by atoms with Crippen molar-refractivity contribution in [3.05, 3.63) is 59.2 Å². The number of ether oxygens (including phenoxy) is 2. The van der Waals surface area contributed by atoms with Gasteiger partial charge in [-0.05, 0) is 50.5 Å². The molecule has 2 aromatic carbocycles. The maximum Gasteiger partial charge on any atom is 0.255 e. The van der Waals surface area contributed by atoms with E-state index in [0.29, 0.717) is 23.5 Å². The Hall–Kier alpha value is -2.67. The molecule has 0 aromatic heterocycles. The molecule has 2 rings (SSSR count). The van der Waals surface area contributed by atoms with Crippen molar-refractivity contribution in [3.8, 4) is 11.5 Å². The van der Waals surface area contributed by atoms with Crippen molar-refractivity contribution >= 4 is 23.6 Å². The lowest BCUT2D eigenvalue weighted by atomic mass is 10.0. The first-order valence-corrected chi connectivity index (χ1v) is 11.2. The summed E-state index contributed by atoms with van der Waals surface area (Å²) in [6, 6.07) is 11.9. The Bertz CT molecular complexity index is 872. The highest BCUT2D eigenvalue weighted by atomic mass is 32.2. The number of hydrogen-bond donors (Lipinski definition) is 2. The molecule has 0 aliphatic heterocycles. The fourth-order valence-electron chi connectivity index (χ4n) is 3.16. The smallest absolute Gasteiger partial charge is 0.255 e. The van der Waals surface area contributed by atoms with Crippen LogP contribution in [0, 0.1) is 6.92 Å². The summed E-state index contributed by atoms with van der Waals surface area (Å²) in [4.78, 5) is 25.8. The summed E-state index contributed by atoms with van der Waals surface area (Å²) in [5, 5.41) is 5.88. The topological polar surface area (TPSA) is 76.7 Å². The average molecular weight is 431 g/mol. The molecular formula is C23H30N2O4S. The number of benzene rings is 2. The zero-order valence-corrected chi connectivity index (χ0v) is 19.0. The van der Waals surface area contributed by atoms with Crippen LogP contribution in [-0.2, 0) is 4.79 Å². The first-order valence-electron chi connectivity index (χ1n) is 9.79. The van der Waals surface area contributed by atoms with Crippen LogP contribution in [-0.4, -0.2) is 44.1 Å². The third-order valence-electron chi connectivity index (χ3n) is 4.79. The van der Waals surface area contributed by atoms with Crippen LogP contribution < -0.4 is 20.1 Å². The van der Waals surface area contributed by atoms with Gasteiger partial charge in [0.15, 0.2) is 0 Å². The van der Waals surface area contributed by atoms with Gasteiger partial charge in [0.25, 0.3) is 5.91 Å². The summed E-state index contributed by atoms with van der Waals surface area (Å²) >= 11 is 1.63. The lowest BCUT2D eigenvalue weighted by Crippen LogP contribution is -2.47. The van der Waals surface area contributed by atoms with E-state index >= 15 is 0 Å². The minimum Gasteiger partial charge on any atom is -0.496 e. The molecule has 0 bridgehead atoms. The molecule has 0 fully saturated rings. The number of hydrogen-bond acceptors (Lipinski definition) is 5. The third-order valence-corrected chi connectivity index (χ3v) is 5.44. The second kappa shape index (κ2) is 11.5. The highest BCUT2D eigenvalue weighted by molar-refractivity contribution is 7.98. The highest BCUT2D eigenvalue weighted by Gasteiger charge is 2.25. The van der Waals surface area contributed by atoms with Crippen LogP contribution in [0.1, 0.15) is 40.9 Å². The summed E-state index contributed by atoms with van der Waals surface area (Å²) in [5.74, 6) is 1.36. The van der Waals surface area contributed by atoms with E-state index in [4.69, 9.17) is 9.47 Å². The van der Waals surface area contributed by atoms with Crippen LogP contribution in [0.5, 0.6) is 11.5 Å². The number of nitrogens with one attached hydrogen (secondary N) is 2. The largest absolute Gasteiger partial charge is 0.496 e. The number of para-hydroxylation sites is 1. The van der Waals surface area contributed by atoms with Crippen LogP contribution in [0.15, 0.2) is 42.5 Å². The SMILES string of the molecule is COc1ccccc1C(=O)NC(CCSC)C(=O)NC(C)c1cc(C)ccc1OC. The molecule has 0 aliphatic carbocycles. The van der Waals surface area contributed by atoms with Crippen molar-refractivity contribution in [2.75, 3.05) is 26.2 Å². The van der Waals surface area contributed by atoms with Gasteiger partial charge in [-0.25, -0.2) is 0 Å². The molecule has 0 aliphatic rings. The van der Waals surface area contributed by atoms with Crippen molar-refractivity contribution in [3.63, 3.8) is 0 Å². The molecule has 30 heavy (non-hydrogen) atoms. The second-order valence-corrected chi connectivity index (χ2v) is 7.97. The first kappa shape index (κ1) is 23.6. The van der Waals surface area contributed by atoms with Gasteiger partial charge in [-0.1, -0.05) is 29.8 Å². The number of carbonyl (C=O) groups excluding carboxylic acids is 2. The molecule has 0 spiro atoms. The molecule has 2 unspecified atom stereocenters. The first-order chi connectivity index (χ1) is 14.4.